The summed E-state index contributed by atoms with van der Waals surface area (Å²) in [5, 5.41) is 18.6. The van der Waals surface area contributed by atoms with Crippen LogP contribution >= 0.6 is 0 Å². The zero-order valence-electron chi connectivity index (χ0n) is 15.0. The van der Waals surface area contributed by atoms with E-state index in [1.165, 1.54) is 6.07 Å². The monoisotopic (exact) mass is 378 g/mol. The van der Waals surface area contributed by atoms with Crippen molar-refractivity contribution in [1.29, 1.82) is 0 Å². The van der Waals surface area contributed by atoms with Gasteiger partial charge >= 0.3 is 6.18 Å². The summed E-state index contributed by atoms with van der Waals surface area (Å²) in [5.74, 6) is 0.410. The van der Waals surface area contributed by atoms with Crippen LogP contribution in [0.3, 0.4) is 0 Å². The highest BCUT2D eigenvalue weighted by molar-refractivity contribution is 5.69. The van der Waals surface area contributed by atoms with E-state index in [0.29, 0.717) is 11.7 Å². The average molecular weight is 378 g/mol. The molecule has 144 valence electrons. The quantitative estimate of drug-likeness (QED) is 0.869. The van der Waals surface area contributed by atoms with Gasteiger partial charge in [0.25, 0.3) is 0 Å². The number of piperidine rings is 1. The SMILES string of the molecule is CN1CCC[C@@H](N2CCc3cc(-c4ccc(C(F)(F)F)cc4O)nnc32)C1. The lowest BCUT2D eigenvalue weighted by Gasteiger charge is -2.36. The second-order valence-electron chi connectivity index (χ2n) is 7.31. The number of rotatable bonds is 2. The minimum Gasteiger partial charge on any atom is -0.507 e. The summed E-state index contributed by atoms with van der Waals surface area (Å²) in [6, 6.07) is 5.17. The second kappa shape index (κ2) is 6.67. The Bertz CT molecular complexity index is 855. The number of anilines is 1. The summed E-state index contributed by atoms with van der Waals surface area (Å²) in [6.45, 7) is 2.96. The Balaban J connectivity index is 1.61. The number of nitrogens with zero attached hydrogens (tertiary/aromatic N) is 4. The molecule has 2 aliphatic rings. The first-order chi connectivity index (χ1) is 12.8. The Hall–Kier alpha value is -2.35. The van der Waals surface area contributed by atoms with E-state index in [9.17, 15) is 18.3 Å². The van der Waals surface area contributed by atoms with Crippen LogP contribution < -0.4 is 4.90 Å². The number of hydrogen-bond acceptors (Lipinski definition) is 5. The molecule has 27 heavy (non-hydrogen) atoms. The van der Waals surface area contributed by atoms with Gasteiger partial charge in [0.05, 0.1) is 11.3 Å². The Morgan fingerprint density at radius 1 is 1.15 bits per heavy atom. The summed E-state index contributed by atoms with van der Waals surface area (Å²) in [7, 11) is 2.12. The smallest absolute Gasteiger partial charge is 0.416 e. The molecule has 0 radical (unpaired) electrons. The largest absolute Gasteiger partial charge is 0.507 e. The molecule has 2 aliphatic heterocycles. The molecular formula is C19H21F3N4O. The standard InChI is InChI=1S/C19H21F3N4O/c1-25-7-2-3-14(11-25)26-8-6-12-9-16(23-24-18(12)26)15-5-4-13(10-17(15)27)19(20,21)22/h4-5,9-10,14,27H,2-3,6-8,11H2,1H3/t14-/m1/s1. The third-order valence-electron chi connectivity index (χ3n) is 5.39. The first-order valence-corrected chi connectivity index (χ1v) is 9.05. The van der Waals surface area contributed by atoms with Crippen molar-refractivity contribution in [1.82, 2.24) is 15.1 Å². The van der Waals surface area contributed by atoms with Crippen molar-refractivity contribution in [2.75, 3.05) is 31.6 Å². The molecule has 1 fully saturated rings. The predicted molar refractivity (Wildman–Crippen MR) is 95.7 cm³/mol. The fourth-order valence-electron chi connectivity index (χ4n) is 4.00. The van der Waals surface area contributed by atoms with Crippen molar-refractivity contribution >= 4 is 5.82 Å². The first-order valence-electron chi connectivity index (χ1n) is 9.05. The fraction of sp³-hybridized carbons (Fsp3) is 0.474. The Morgan fingerprint density at radius 3 is 2.67 bits per heavy atom. The highest BCUT2D eigenvalue weighted by Crippen LogP contribution is 2.37. The first kappa shape index (κ1) is 18.0. The summed E-state index contributed by atoms with van der Waals surface area (Å²) >= 11 is 0. The minimum atomic E-state index is -4.49. The molecule has 0 bridgehead atoms. The van der Waals surface area contributed by atoms with Crippen molar-refractivity contribution in [3.8, 4) is 17.0 Å². The molecule has 4 rings (SSSR count). The van der Waals surface area contributed by atoms with Gasteiger partial charge in [0.1, 0.15) is 5.75 Å². The number of hydrogen-bond donors (Lipinski definition) is 1. The summed E-state index contributed by atoms with van der Waals surface area (Å²) in [5.41, 5.74) is 0.787. The number of likely N-dealkylation sites (N-methyl/N-ethyl adjacent to an activating group) is 1. The van der Waals surface area contributed by atoms with Crippen LogP contribution in [0.25, 0.3) is 11.3 Å². The molecule has 1 saturated heterocycles. The molecular weight excluding hydrogens is 357 g/mol. The zero-order chi connectivity index (χ0) is 19.2. The average Bonchev–Trinajstić information content (AvgIpc) is 3.04. The number of aromatic hydroxyl groups is 1. The molecule has 1 atom stereocenters. The molecule has 0 saturated carbocycles. The highest BCUT2D eigenvalue weighted by Gasteiger charge is 2.32. The van der Waals surface area contributed by atoms with Crippen molar-refractivity contribution < 1.29 is 18.3 Å². The van der Waals surface area contributed by atoms with Crippen LogP contribution in [0.15, 0.2) is 24.3 Å². The molecule has 0 aliphatic carbocycles. The molecule has 2 aromatic rings. The van der Waals surface area contributed by atoms with Crippen LogP contribution in [0, 0.1) is 0 Å². The summed E-state index contributed by atoms with van der Waals surface area (Å²) in [4.78, 5) is 4.60. The van der Waals surface area contributed by atoms with Crippen LogP contribution in [0.5, 0.6) is 5.75 Å². The number of phenolic OH excluding ortho intramolecular Hbond substituents is 1. The summed E-state index contributed by atoms with van der Waals surface area (Å²) in [6.07, 6.45) is -1.41. The van der Waals surface area contributed by atoms with Gasteiger partial charge in [-0.2, -0.15) is 13.2 Å². The highest BCUT2D eigenvalue weighted by atomic mass is 19.4. The Kier molecular flexibility index (Phi) is 4.46. The molecule has 0 spiro atoms. The van der Waals surface area contributed by atoms with Gasteiger partial charge in [0, 0.05) is 30.3 Å². The maximum absolute atomic E-state index is 12.8. The Morgan fingerprint density at radius 2 is 1.96 bits per heavy atom. The normalized spacial score (nSPS) is 20.7. The molecule has 1 N–H and O–H groups in total. The number of phenols is 1. The number of fused-ring (bicyclic) bond motifs is 1. The van der Waals surface area contributed by atoms with Crippen LogP contribution in [0.4, 0.5) is 19.0 Å². The maximum Gasteiger partial charge on any atom is 0.416 e. The van der Waals surface area contributed by atoms with E-state index in [0.717, 1.165) is 62.4 Å². The van der Waals surface area contributed by atoms with Gasteiger partial charge in [-0.1, -0.05) is 0 Å². The minimum absolute atomic E-state index is 0.258. The number of halogens is 3. The molecule has 8 heteroatoms. The van der Waals surface area contributed by atoms with Gasteiger partial charge in [-0.15, -0.1) is 10.2 Å². The third kappa shape index (κ3) is 3.45. The van der Waals surface area contributed by atoms with Crippen molar-refractivity contribution in [3.63, 3.8) is 0 Å². The van der Waals surface area contributed by atoms with Crippen LogP contribution in [-0.4, -0.2) is 52.9 Å². The lowest BCUT2D eigenvalue weighted by molar-refractivity contribution is -0.137. The van der Waals surface area contributed by atoms with Gasteiger partial charge < -0.3 is 14.9 Å². The van der Waals surface area contributed by atoms with Crippen LogP contribution in [0.2, 0.25) is 0 Å². The van der Waals surface area contributed by atoms with E-state index in [1.54, 1.807) is 0 Å². The van der Waals surface area contributed by atoms with Crippen molar-refractivity contribution in [2.45, 2.75) is 31.5 Å². The van der Waals surface area contributed by atoms with Gasteiger partial charge in [-0.25, -0.2) is 0 Å². The van der Waals surface area contributed by atoms with E-state index < -0.39 is 17.5 Å². The van der Waals surface area contributed by atoms with Crippen molar-refractivity contribution in [3.05, 3.63) is 35.4 Å². The fourth-order valence-corrected chi connectivity index (χ4v) is 4.00. The van der Waals surface area contributed by atoms with Gasteiger partial charge in [0.15, 0.2) is 5.82 Å². The van der Waals surface area contributed by atoms with Gasteiger partial charge in [-0.05, 0) is 57.1 Å². The van der Waals surface area contributed by atoms with Gasteiger partial charge in [-0.3, -0.25) is 0 Å². The van der Waals surface area contributed by atoms with Crippen LogP contribution in [0.1, 0.15) is 24.0 Å². The number of likely N-dealkylation sites (tertiary alicyclic amines) is 1. The molecule has 1 aromatic heterocycles. The number of aromatic nitrogens is 2. The van der Waals surface area contributed by atoms with Crippen molar-refractivity contribution in [2.24, 2.45) is 0 Å². The third-order valence-corrected chi connectivity index (χ3v) is 5.39. The molecule has 3 heterocycles. The molecule has 5 nitrogen and oxygen atoms in total. The van der Waals surface area contributed by atoms with E-state index in [-0.39, 0.29) is 5.56 Å². The number of alkyl halides is 3. The van der Waals surface area contributed by atoms with E-state index in [4.69, 9.17) is 0 Å². The topological polar surface area (TPSA) is 52.5 Å². The van der Waals surface area contributed by atoms with E-state index in [2.05, 4.69) is 27.0 Å². The van der Waals surface area contributed by atoms with Crippen LogP contribution in [-0.2, 0) is 12.6 Å². The van der Waals surface area contributed by atoms with E-state index >= 15 is 0 Å². The lowest BCUT2D eigenvalue weighted by Crippen LogP contribution is -2.46. The molecule has 1 aromatic carbocycles. The second-order valence-corrected chi connectivity index (χ2v) is 7.31. The maximum atomic E-state index is 12.8. The predicted octanol–water partition coefficient (Wildman–Crippen LogP) is 3.32. The Labute approximate surface area is 155 Å². The molecule has 0 unspecified atom stereocenters. The summed E-state index contributed by atoms with van der Waals surface area (Å²) < 4.78 is 38.3. The van der Waals surface area contributed by atoms with E-state index in [1.807, 2.05) is 6.07 Å². The molecule has 0 amide bonds. The number of benzene rings is 1. The van der Waals surface area contributed by atoms with Gasteiger partial charge in [0.2, 0.25) is 0 Å². The lowest BCUT2D eigenvalue weighted by atomic mass is 10.0. The zero-order valence-corrected chi connectivity index (χ0v) is 15.0.